The van der Waals surface area contributed by atoms with Gasteiger partial charge in [0.1, 0.15) is 6.10 Å². The van der Waals surface area contributed by atoms with Crippen molar-refractivity contribution >= 4 is 5.78 Å². The summed E-state index contributed by atoms with van der Waals surface area (Å²) in [5.74, 6) is 0.105. The van der Waals surface area contributed by atoms with E-state index in [2.05, 4.69) is 32.0 Å². The molecule has 1 unspecified atom stereocenters. The van der Waals surface area contributed by atoms with E-state index in [9.17, 15) is 4.79 Å². The van der Waals surface area contributed by atoms with Gasteiger partial charge in [-0.05, 0) is 31.9 Å². The summed E-state index contributed by atoms with van der Waals surface area (Å²) in [6.07, 6.45) is -0.0701. The summed E-state index contributed by atoms with van der Waals surface area (Å²) in [4.78, 5) is 12.6. The summed E-state index contributed by atoms with van der Waals surface area (Å²) in [6.45, 7) is 6.55. The maximum Gasteiger partial charge on any atom is 0.170 e. The molecule has 0 spiro atoms. The van der Waals surface area contributed by atoms with Crippen molar-refractivity contribution in [1.82, 2.24) is 0 Å². The Hall–Kier alpha value is -1.93. The molecule has 2 nitrogen and oxygen atoms in total. The number of carbonyl (C=O) groups is 1. The first kappa shape index (κ1) is 15.5. The van der Waals surface area contributed by atoms with Crippen LogP contribution in [0.4, 0.5) is 0 Å². The van der Waals surface area contributed by atoms with Crippen molar-refractivity contribution in [3.63, 3.8) is 0 Å². The Balaban J connectivity index is 2.19. The Labute approximate surface area is 126 Å². The van der Waals surface area contributed by atoms with Gasteiger partial charge < -0.3 is 4.74 Å². The van der Waals surface area contributed by atoms with E-state index in [0.717, 1.165) is 11.1 Å². The molecule has 1 atom stereocenters. The van der Waals surface area contributed by atoms with Crippen LogP contribution in [0.15, 0.2) is 48.5 Å². The minimum Gasteiger partial charge on any atom is -0.366 e. The lowest BCUT2D eigenvalue weighted by molar-refractivity contribution is -0.130. The zero-order valence-electron chi connectivity index (χ0n) is 12.9. The number of Topliss-reactive ketones (excluding diaryl/α,β-unsaturated/α-hetero) is 1. The minimum atomic E-state index is -0.475. The third-order valence-corrected chi connectivity index (χ3v) is 3.39. The van der Waals surface area contributed by atoms with Gasteiger partial charge >= 0.3 is 0 Å². The van der Waals surface area contributed by atoms with E-state index in [4.69, 9.17) is 4.74 Å². The molecular weight excluding hydrogens is 260 g/mol. The second-order valence-electron chi connectivity index (χ2n) is 5.39. The van der Waals surface area contributed by atoms with E-state index in [1.807, 2.05) is 37.3 Å². The smallest absolute Gasteiger partial charge is 0.170 e. The fourth-order valence-electron chi connectivity index (χ4n) is 2.63. The topological polar surface area (TPSA) is 26.3 Å². The van der Waals surface area contributed by atoms with Crippen molar-refractivity contribution in [2.75, 3.05) is 6.61 Å². The van der Waals surface area contributed by atoms with Crippen LogP contribution in [0.25, 0.3) is 0 Å². The third-order valence-electron chi connectivity index (χ3n) is 3.39. The maximum absolute atomic E-state index is 12.6. The van der Waals surface area contributed by atoms with Crippen molar-refractivity contribution < 1.29 is 9.53 Å². The molecule has 21 heavy (non-hydrogen) atoms. The number of ketones is 1. The van der Waals surface area contributed by atoms with E-state index in [1.54, 1.807) is 0 Å². The number of ether oxygens (including phenoxy) is 1. The summed E-state index contributed by atoms with van der Waals surface area (Å²) in [5, 5.41) is 0. The van der Waals surface area contributed by atoms with Gasteiger partial charge in [-0.2, -0.15) is 0 Å². The van der Waals surface area contributed by atoms with Gasteiger partial charge in [0.2, 0.25) is 0 Å². The van der Waals surface area contributed by atoms with Gasteiger partial charge in [-0.15, -0.1) is 0 Å². The lowest BCUT2D eigenvalue weighted by Crippen LogP contribution is -2.18. The second-order valence-corrected chi connectivity index (χ2v) is 5.39. The Morgan fingerprint density at radius 2 is 1.67 bits per heavy atom. The largest absolute Gasteiger partial charge is 0.366 e. The Kier molecular flexibility index (Phi) is 5.29. The molecule has 0 aliphatic rings. The average molecular weight is 282 g/mol. The lowest BCUT2D eigenvalue weighted by atomic mass is 9.97. The fraction of sp³-hybridized carbons (Fsp3) is 0.316. The van der Waals surface area contributed by atoms with Crippen LogP contribution >= 0.6 is 0 Å². The summed E-state index contributed by atoms with van der Waals surface area (Å²) in [6, 6.07) is 16.0. The maximum atomic E-state index is 12.6. The predicted molar refractivity (Wildman–Crippen MR) is 85.4 cm³/mol. The number of carbonyl (C=O) groups excluding carboxylic acids is 1. The number of benzene rings is 2. The standard InChI is InChI=1S/C19H22O2/c1-4-21-19(17-8-6-5-7-9-17)18(20)13-16-11-14(2)10-15(3)12-16/h5-12,19H,4,13H2,1-3H3. The summed E-state index contributed by atoms with van der Waals surface area (Å²) in [7, 11) is 0. The number of hydrogen-bond donors (Lipinski definition) is 0. The van der Waals surface area contributed by atoms with Crippen LogP contribution < -0.4 is 0 Å². The summed E-state index contributed by atoms with van der Waals surface area (Å²) >= 11 is 0. The van der Waals surface area contributed by atoms with Crippen molar-refractivity contribution in [2.24, 2.45) is 0 Å². The molecule has 0 bridgehead atoms. The third kappa shape index (κ3) is 4.27. The number of rotatable bonds is 6. The first-order valence-electron chi connectivity index (χ1n) is 7.36. The molecule has 2 rings (SSSR count). The van der Waals surface area contributed by atoms with Crippen LogP contribution in [0.2, 0.25) is 0 Å². The van der Waals surface area contributed by atoms with Crippen molar-refractivity contribution in [2.45, 2.75) is 33.3 Å². The van der Waals surface area contributed by atoms with E-state index < -0.39 is 6.10 Å². The van der Waals surface area contributed by atoms with Crippen LogP contribution in [0.3, 0.4) is 0 Å². The molecule has 0 aromatic heterocycles. The van der Waals surface area contributed by atoms with Gasteiger partial charge in [0.25, 0.3) is 0 Å². The van der Waals surface area contributed by atoms with Gasteiger partial charge in [0, 0.05) is 13.0 Å². The highest BCUT2D eigenvalue weighted by Crippen LogP contribution is 2.21. The predicted octanol–water partition coefficient (Wildman–Crippen LogP) is 4.19. The molecule has 0 saturated heterocycles. The van der Waals surface area contributed by atoms with Crippen molar-refractivity contribution in [1.29, 1.82) is 0 Å². The molecule has 110 valence electrons. The minimum absolute atomic E-state index is 0.105. The molecular formula is C19H22O2. The Morgan fingerprint density at radius 3 is 2.24 bits per heavy atom. The molecule has 0 aliphatic heterocycles. The first-order valence-corrected chi connectivity index (χ1v) is 7.36. The molecule has 0 saturated carbocycles. The highest BCUT2D eigenvalue weighted by Gasteiger charge is 2.20. The molecule has 0 amide bonds. The van der Waals surface area contributed by atoms with Crippen LogP contribution in [0.5, 0.6) is 0 Å². The zero-order chi connectivity index (χ0) is 15.2. The van der Waals surface area contributed by atoms with Gasteiger partial charge in [0.15, 0.2) is 5.78 Å². The van der Waals surface area contributed by atoms with Crippen LogP contribution in [0, 0.1) is 13.8 Å². The second kappa shape index (κ2) is 7.19. The fourth-order valence-corrected chi connectivity index (χ4v) is 2.63. The lowest BCUT2D eigenvalue weighted by Gasteiger charge is -2.16. The normalized spacial score (nSPS) is 12.1. The molecule has 0 N–H and O–H groups in total. The van der Waals surface area contributed by atoms with E-state index in [-0.39, 0.29) is 5.78 Å². The van der Waals surface area contributed by atoms with Crippen LogP contribution in [-0.2, 0) is 16.0 Å². The highest BCUT2D eigenvalue weighted by atomic mass is 16.5. The molecule has 0 radical (unpaired) electrons. The summed E-state index contributed by atoms with van der Waals surface area (Å²) in [5.41, 5.74) is 4.35. The molecule has 2 heteroatoms. The van der Waals surface area contributed by atoms with Crippen molar-refractivity contribution in [3.8, 4) is 0 Å². The summed E-state index contributed by atoms with van der Waals surface area (Å²) < 4.78 is 5.67. The van der Waals surface area contributed by atoms with Crippen molar-refractivity contribution in [3.05, 3.63) is 70.8 Å². The van der Waals surface area contributed by atoms with E-state index >= 15 is 0 Å². The molecule has 0 fully saturated rings. The van der Waals surface area contributed by atoms with E-state index in [1.165, 1.54) is 11.1 Å². The monoisotopic (exact) mass is 282 g/mol. The Morgan fingerprint density at radius 1 is 1.05 bits per heavy atom. The van der Waals surface area contributed by atoms with Gasteiger partial charge in [-0.25, -0.2) is 0 Å². The van der Waals surface area contributed by atoms with E-state index in [0.29, 0.717) is 13.0 Å². The van der Waals surface area contributed by atoms with Gasteiger partial charge in [0.05, 0.1) is 0 Å². The Bertz CT molecular complexity index is 582. The first-order chi connectivity index (χ1) is 10.1. The van der Waals surface area contributed by atoms with Crippen LogP contribution in [0.1, 0.15) is 35.3 Å². The zero-order valence-corrected chi connectivity index (χ0v) is 12.9. The molecule has 0 heterocycles. The van der Waals surface area contributed by atoms with Gasteiger partial charge in [-0.1, -0.05) is 59.7 Å². The van der Waals surface area contributed by atoms with Gasteiger partial charge in [-0.3, -0.25) is 4.79 Å². The SMILES string of the molecule is CCOC(C(=O)Cc1cc(C)cc(C)c1)c1ccccc1. The number of aryl methyl sites for hydroxylation is 2. The molecule has 2 aromatic carbocycles. The number of hydrogen-bond acceptors (Lipinski definition) is 2. The average Bonchev–Trinajstić information content (AvgIpc) is 2.44. The quantitative estimate of drug-likeness (QED) is 0.794. The molecule has 0 aliphatic carbocycles. The highest BCUT2D eigenvalue weighted by molar-refractivity contribution is 5.86. The molecule has 2 aromatic rings. The van der Waals surface area contributed by atoms with Crippen LogP contribution in [-0.4, -0.2) is 12.4 Å².